The monoisotopic (exact) mass is 265 g/mol. The highest BCUT2D eigenvalue weighted by molar-refractivity contribution is 5.92. The average Bonchev–Trinajstić information content (AvgIpc) is 2.46. The molecular formula is C16H15N3O. The lowest BCUT2D eigenvalue weighted by molar-refractivity contribution is 0.197. The van der Waals surface area contributed by atoms with E-state index in [1.54, 1.807) is 19.3 Å². The van der Waals surface area contributed by atoms with Crippen LogP contribution in [0, 0.1) is 6.92 Å². The van der Waals surface area contributed by atoms with Gasteiger partial charge in [-0.05, 0) is 25.3 Å². The number of aliphatic hydroxyl groups is 1. The largest absolute Gasteiger partial charge is 0.389 e. The molecule has 0 fully saturated rings. The zero-order chi connectivity index (χ0) is 14.1. The molecule has 2 heterocycles. The summed E-state index contributed by atoms with van der Waals surface area (Å²) in [4.78, 5) is 13.2. The molecule has 0 aliphatic heterocycles. The molecule has 1 unspecified atom stereocenters. The molecule has 4 nitrogen and oxygen atoms in total. The van der Waals surface area contributed by atoms with E-state index < -0.39 is 6.10 Å². The van der Waals surface area contributed by atoms with Crippen LogP contribution < -0.4 is 0 Å². The van der Waals surface area contributed by atoms with Crippen LogP contribution in [0.3, 0.4) is 0 Å². The van der Waals surface area contributed by atoms with Gasteiger partial charge in [-0.25, -0.2) is 9.97 Å². The summed E-state index contributed by atoms with van der Waals surface area (Å²) in [5.41, 5.74) is 2.29. The standard InChI is InChI=1S/C16H15N3O/c1-10-14(11(2)20)9-18-16(19-10)15-13-6-4-3-5-12(13)7-8-17-15/h3-9,11,20H,1-2H3. The lowest BCUT2D eigenvalue weighted by Crippen LogP contribution is -2.02. The smallest absolute Gasteiger partial charge is 0.179 e. The molecule has 0 saturated carbocycles. The van der Waals surface area contributed by atoms with E-state index in [1.165, 1.54) is 0 Å². The highest BCUT2D eigenvalue weighted by Crippen LogP contribution is 2.25. The van der Waals surface area contributed by atoms with Gasteiger partial charge >= 0.3 is 0 Å². The van der Waals surface area contributed by atoms with Gasteiger partial charge in [0.2, 0.25) is 0 Å². The predicted octanol–water partition coefficient (Wildman–Crippen LogP) is 3.05. The normalized spacial score (nSPS) is 12.6. The molecule has 0 bridgehead atoms. The van der Waals surface area contributed by atoms with Crippen molar-refractivity contribution in [2.24, 2.45) is 0 Å². The fraction of sp³-hybridized carbons (Fsp3) is 0.188. The van der Waals surface area contributed by atoms with Gasteiger partial charge in [-0.1, -0.05) is 24.3 Å². The van der Waals surface area contributed by atoms with Gasteiger partial charge in [0.1, 0.15) is 5.69 Å². The minimum Gasteiger partial charge on any atom is -0.389 e. The third-order valence-corrected chi connectivity index (χ3v) is 3.35. The Hall–Kier alpha value is -2.33. The Balaban J connectivity index is 2.19. The molecule has 2 aromatic heterocycles. The Morgan fingerprint density at radius 1 is 1.10 bits per heavy atom. The van der Waals surface area contributed by atoms with Crippen LogP contribution in [0.5, 0.6) is 0 Å². The summed E-state index contributed by atoms with van der Waals surface area (Å²) in [5, 5.41) is 11.8. The average molecular weight is 265 g/mol. The summed E-state index contributed by atoms with van der Waals surface area (Å²) in [7, 11) is 0. The number of aryl methyl sites for hydroxylation is 1. The Kier molecular flexibility index (Phi) is 3.16. The zero-order valence-corrected chi connectivity index (χ0v) is 11.4. The van der Waals surface area contributed by atoms with Crippen LogP contribution in [-0.2, 0) is 0 Å². The molecule has 3 aromatic rings. The third-order valence-electron chi connectivity index (χ3n) is 3.35. The van der Waals surface area contributed by atoms with Gasteiger partial charge in [-0.2, -0.15) is 0 Å². The highest BCUT2D eigenvalue weighted by atomic mass is 16.3. The molecule has 20 heavy (non-hydrogen) atoms. The quantitative estimate of drug-likeness (QED) is 0.773. The molecule has 4 heteroatoms. The Labute approximate surface area is 117 Å². The first kappa shape index (κ1) is 12.7. The Bertz CT molecular complexity index is 763. The molecule has 100 valence electrons. The van der Waals surface area contributed by atoms with Crippen LogP contribution in [-0.4, -0.2) is 20.1 Å². The SMILES string of the molecule is Cc1nc(-c2nccc3ccccc23)ncc1C(C)O. The maximum Gasteiger partial charge on any atom is 0.179 e. The van der Waals surface area contributed by atoms with Crippen LogP contribution >= 0.6 is 0 Å². The van der Waals surface area contributed by atoms with Crippen molar-refractivity contribution >= 4 is 10.8 Å². The lowest BCUT2D eigenvalue weighted by Gasteiger charge is -2.09. The van der Waals surface area contributed by atoms with Crippen molar-refractivity contribution in [3.8, 4) is 11.5 Å². The van der Waals surface area contributed by atoms with Crippen molar-refractivity contribution in [1.82, 2.24) is 15.0 Å². The number of aromatic nitrogens is 3. The lowest BCUT2D eigenvalue weighted by atomic mass is 10.1. The first-order valence-electron chi connectivity index (χ1n) is 6.52. The molecule has 1 atom stereocenters. The summed E-state index contributed by atoms with van der Waals surface area (Å²) in [6.07, 6.45) is 2.87. The van der Waals surface area contributed by atoms with Crippen molar-refractivity contribution < 1.29 is 5.11 Å². The van der Waals surface area contributed by atoms with Crippen LogP contribution in [0.15, 0.2) is 42.7 Å². The van der Waals surface area contributed by atoms with E-state index in [4.69, 9.17) is 0 Å². The molecule has 0 amide bonds. The zero-order valence-electron chi connectivity index (χ0n) is 11.4. The van der Waals surface area contributed by atoms with Gasteiger partial charge < -0.3 is 5.11 Å². The molecule has 3 rings (SSSR count). The molecule has 1 aromatic carbocycles. The summed E-state index contributed by atoms with van der Waals surface area (Å²) in [6.45, 7) is 3.58. The highest BCUT2D eigenvalue weighted by Gasteiger charge is 2.12. The molecule has 0 radical (unpaired) electrons. The van der Waals surface area contributed by atoms with Gasteiger partial charge in [-0.3, -0.25) is 4.98 Å². The van der Waals surface area contributed by atoms with Gasteiger partial charge in [-0.15, -0.1) is 0 Å². The van der Waals surface area contributed by atoms with Crippen LogP contribution in [0.25, 0.3) is 22.3 Å². The van der Waals surface area contributed by atoms with E-state index in [-0.39, 0.29) is 0 Å². The molecule has 0 aliphatic rings. The number of fused-ring (bicyclic) bond motifs is 1. The van der Waals surface area contributed by atoms with Crippen molar-refractivity contribution in [3.63, 3.8) is 0 Å². The number of hydrogen-bond acceptors (Lipinski definition) is 4. The number of pyridine rings is 1. The number of rotatable bonds is 2. The molecule has 1 N–H and O–H groups in total. The topological polar surface area (TPSA) is 58.9 Å². The first-order chi connectivity index (χ1) is 9.66. The summed E-state index contributed by atoms with van der Waals surface area (Å²) < 4.78 is 0. The van der Waals surface area contributed by atoms with E-state index in [1.807, 2.05) is 37.3 Å². The second-order valence-electron chi connectivity index (χ2n) is 4.79. The predicted molar refractivity (Wildman–Crippen MR) is 78.1 cm³/mol. The van der Waals surface area contributed by atoms with E-state index in [0.717, 1.165) is 27.7 Å². The maximum atomic E-state index is 9.64. The van der Waals surface area contributed by atoms with Crippen LogP contribution in [0.1, 0.15) is 24.3 Å². The van der Waals surface area contributed by atoms with Crippen LogP contribution in [0.2, 0.25) is 0 Å². The van der Waals surface area contributed by atoms with Gasteiger partial charge in [0, 0.05) is 29.0 Å². The fourth-order valence-corrected chi connectivity index (χ4v) is 2.30. The minimum absolute atomic E-state index is 0.565. The van der Waals surface area contributed by atoms with Crippen molar-refractivity contribution in [3.05, 3.63) is 54.0 Å². The molecule has 0 saturated heterocycles. The van der Waals surface area contributed by atoms with E-state index >= 15 is 0 Å². The van der Waals surface area contributed by atoms with Crippen LogP contribution in [0.4, 0.5) is 0 Å². The first-order valence-corrected chi connectivity index (χ1v) is 6.52. The van der Waals surface area contributed by atoms with Crippen molar-refractivity contribution in [1.29, 1.82) is 0 Å². The number of aliphatic hydroxyl groups excluding tert-OH is 1. The number of benzene rings is 1. The van der Waals surface area contributed by atoms with Gasteiger partial charge in [0.25, 0.3) is 0 Å². The van der Waals surface area contributed by atoms with Gasteiger partial charge in [0.05, 0.1) is 6.10 Å². The van der Waals surface area contributed by atoms with E-state index in [9.17, 15) is 5.11 Å². The molecule has 0 spiro atoms. The Morgan fingerprint density at radius 3 is 2.65 bits per heavy atom. The van der Waals surface area contributed by atoms with Crippen molar-refractivity contribution in [2.75, 3.05) is 0 Å². The summed E-state index contributed by atoms with van der Waals surface area (Å²) in [6, 6.07) is 9.99. The molecule has 0 aliphatic carbocycles. The van der Waals surface area contributed by atoms with Gasteiger partial charge in [0.15, 0.2) is 5.82 Å². The molecular weight excluding hydrogens is 250 g/mol. The second kappa shape index (κ2) is 4.98. The number of hydrogen-bond donors (Lipinski definition) is 1. The fourth-order valence-electron chi connectivity index (χ4n) is 2.30. The third kappa shape index (κ3) is 2.14. The second-order valence-corrected chi connectivity index (χ2v) is 4.79. The van der Waals surface area contributed by atoms with E-state index in [2.05, 4.69) is 15.0 Å². The Morgan fingerprint density at radius 2 is 1.90 bits per heavy atom. The maximum absolute atomic E-state index is 9.64. The summed E-state index contributed by atoms with van der Waals surface area (Å²) in [5.74, 6) is 0.587. The minimum atomic E-state index is -0.565. The number of nitrogens with zero attached hydrogens (tertiary/aromatic N) is 3. The summed E-state index contributed by atoms with van der Waals surface area (Å²) >= 11 is 0. The van der Waals surface area contributed by atoms with Crippen molar-refractivity contribution in [2.45, 2.75) is 20.0 Å². The van der Waals surface area contributed by atoms with E-state index in [0.29, 0.717) is 5.82 Å².